The van der Waals surface area contributed by atoms with Gasteiger partial charge in [-0.2, -0.15) is 5.26 Å². The van der Waals surface area contributed by atoms with E-state index in [0.717, 1.165) is 30.7 Å². The molecular weight excluding hydrogens is 328 g/mol. The highest BCUT2D eigenvalue weighted by Gasteiger charge is 2.63. The van der Waals surface area contributed by atoms with Crippen LogP contribution in [0.25, 0.3) is 0 Å². The molecule has 0 amide bonds. The maximum Gasteiger partial charge on any atom is 0.165 e. The molecule has 0 unspecified atom stereocenters. The van der Waals surface area contributed by atoms with Crippen molar-refractivity contribution in [2.24, 2.45) is 0 Å². The zero-order valence-electron chi connectivity index (χ0n) is 15.7. The number of hydrogen-bond donors (Lipinski definition) is 0. The van der Waals surface area contributed by atoms with E-state index >= 15 is 0 Å². The van der Waals surface area contributed by atoms with Gasteiger partial charge in [0, 0.05) is 24.3 Å². The number of hydrogen-bond acceptors (Lipinski definition) is 5. The van der Waals surface area contributed by atoms with Gasteiger partial charge in [-0.15, -0.1) is 0 Å². The minimum atomic E-state index is -0.535. The van der Waals surface area contributed by atoms with Crippen LogP contribution in [0.2, 0.25) is 0 Å². The zero-order valence-corrected chi connectivity index (χ0v) is 15.7. The molecular formula is C21H24N2O3. The van der Waals surface area contributed by atoms with E-state index in [1.807, 2.05) is 12.1 Å². The highest BCUT2D eigenvalue weighted by atomic mass is 16.5. The summed E-state index contributed by atoms with van der Waals surface area (Å²) >= 11 is 0. The second-order valence-electron chi connectivity index (χ2n) is 7.30. The third-order valence-electron chi connectivity index (χ3n) is 6.45. The van der Waals surface area contributed by atoms with Gasteiger partial charge in [0.1, 0.15) is 5.60 Å². The third kappa shape index (κ3) is 1.92. The molecule has 1 aliphatic heterocycles. The second kappa shape index (κ2) is 5.87. The molecule has 4 rings (SSSR count). The van der Waals surface area contributed by atoms with Crippen molar-refractivity contribution in [2.75, 3.05) is 34.9 Å². The number of ether oxygens (including phenoxy) is 3. The summed E-state index contributed by atoms with van der Waals surface area (Å²) in [6.07, 6.45) is 7.79. The lowest BCUT2D eigenvalue weighted by molar-refractivity contribution is -0.116. The summed E-state index contributed by atoms with van der Waals surface area (Å²) in [5.74, 6) is 1.46. The summed E-state index contributed by atoms with van der Waals surface area (Å²) in [7, 11) is 7.26. The Labute approximate surface area is 154 Å². The van der Waals surface area contributed by atoms with Crippen LogP contribution in [0.5, 0.6) is 11.5 Å². The lowest BCUT2D eigenvalue weighted by Crippen LogP contribution is -2.70. The van der Waals surface area contributed by atoms with Gasteiger partial charge < -0.3 is 14.2 Å². The Morgan fingerprint density at radius 1 is 1.23 bits per heavy atom. The number of benzene rings is 1. The van der Waals surface area contributed by atoms with Crippen LogP contribution in [0.15, 0.2) is 35.9 Å². The van der Waals surface area contributed by atoms with Crippen molar-refractivity contribution in [3.8, 4) is 17.6 Å². The molecule has 26 heavy (non-hydrogen) atoms. The topological polar surface area (TPSA) is 54.7 Å². The molecule has 3 aliphatic rings. The fraction of sp³-hybridized carbons (Fsp3) is 0.476. The number of methoxy groups -OCH3 is 3. The maximum atomic E-state index is 9.58. The van der Waals surface area contributed by atoms with E-state index < -0.39 is 11.0 Å². The molecule has 0 aromatic heterocycles. The predicted octanol–water partition coefficient (Wildman–Crippen LogP) is 2.61. The first-order chi connectivity index (χ1) is 12.6. The normalized spacial score (nSPS) is 32.1. The van der Waals surface area contributed by atoms with E-state index in [9.17, 15) is 5.26 Å². The first-order valence-electron chi connectivity index (χ1n) is 8.89. The van der Waals surface area contributed by atoms with E-state index in [1.165, 1.54) is 5.56 Å². The maximum absolute atomic E-state index is 9.58. The summed E-state index contributed by atoms with van der Waals surface area (Å²) in [5.41, 5.74) is 2.01. The Kier molecular flexibility index (Phi) is 3.87. The molecule has 1 saturated heterocycles. The standard InChI is InChI=1S/C21H24N2O3/c1-23-10-9-20-12-14(13-22)7-8-21(20,26-4)17(23)11-15-5-6-16(24-2)19(25-3)18(15)20/h5-8,12,17H,9-11H2,1-4H3/t17-,20-,21-/m1/s1. The van der Waals surface area contributed by atoms with E-state index in [4.69, 9.17) is 14.2 Å². The lowest BCUT2D eigenvalue weighted by atomic mass is 9.52. The van der Waals surface area contributed by atoms with Gasteiger partial charge in [0.25, 0.3) is 0 Å². The van der Waals surface area contributed by atoms with Gasteiger partial charge in [0.2, 0.25) is 0 Å². The first kappa shape index (κ1) is 17.1. The largest absolute Gasteiger partial charge is 0.493 e. The third-order valence-corrected chi connectivity index (χ3v) is 6.45. The average Bonchev–Trinajstić information content (AvgIpc) is 2.68. The molecule has 1 heterocycles. The first-order valence-corrected chi connectivity index (χ1v) is 8.89. The van der Waals surface area contributed by atoms with E-state index in [-0.39, 0.29) is 6.04 Å². The van der Waals surface area contributed by atoms with Crippen molar-refractivity contribution in [1.82, 2.24) is 4.90 Å². The summed E-state index contributed by atoms with van der Waals surface area (Å²) in [4.78, 5) is 2.37. The van der Waals surface area contributed by atoms with Gasteiger partial charge in [0.05, 0.1) is 25.7 Å². The Bertz CT molecular complexity index is 854. The average molecular weight is 352 g/mol. The molecule has 136 valence electrons. The molecule has 3 atom stereocenters. The van der Waals surface area contributed by atoms with Crippen LogP contribution in [0, 0.1) is 11.3 Å². The van der Waals surface area contributed by atoms with Crippen molar-refractivity contribution in [3.63, 3.8) is 0 Å². The number of rotatable bonds is 3. The van der Waals surface area contributed by atoms with Gasteiger partial charge in [0.15, 0.2) is 11.5 Å². The Morgan fingerprint density at radius 3 is 2.69 bits per heavy atom. The molecule has 1 aromatic rings. The highest BCUT2D eigenvalue weighted by molar-refractivity contribution is 5.64. The minimum Gasteiger partial charge on any atom is -0.493 e. The fourth-order valence-corrected chi connectivity index (χ4v) is 5.29. The number of likely N-dealkylation sites (tertiary alicyclic amines) is 1. The van der Waals surface area contributed by atoms with E-state index in [0.29, 0.717) is 11.3 Å². The number of piperidine rings is 1. The molecule has 0 radical (unpaired) electrons. The highest BCUT2D eigenvalue weighted by Crippen LogP contribution is 2.59. The van der Waals surface area contributed by atoms with Gasteiger partial charge in [-0.1, -0.05) is 12.1 Å². The number of allylic oxidation sites excluding steroid dienone is 2. The molecule has 0 saturated carbocycles. The SMILES string of the molecule is COc1ccc2c(c1OC)[C@@]13C=C(C#N)C=C[C@@]1(OC)[C@@H](C2)N(C)CC3. The summed E-state index contributed by atoms with van der Waals surface area (Å²) in [6.45, 7) is 0.929. The molecule has 5 nitrogen and oxygen atoms in total. The van der Waals surface area contributed by atoms with Gasteiger partial charge >= 0.3 is 0 Å². The van der Waals surface area contributed by atoms with Gasteiger partial charge in [-0.25, -0.2) is 0 Å². The molecule has 1 aromatic carbocycles. The fourth-order valence-electron chi connectivity index (χ4n) is 5.29. The summed E-state index contributed by atoms with van der Waals surface area (Å²) in [5, 5.41) is 9.58. The molecule has 1 fully saturated rings. The van der Waals surface area contributed by atoms with Crippen molar-refractivity contribution in [2.45, 2.75) is 29.9 Å². The molecule has 0 spiro atoms. The van der Waals surface area contributed by atoms with Crippen molar-refractivity contribution < 1.29 is 14.2 Å². The van der Waals surface area contributed by atoms with Crippen LogP contribution in [0.1, 0.15) is 17.5 Å². The smallest absolute Gasteiger partial charge is 0.165 e. The molecule has 5 heteroatoms. The van der Waals surface area contributed by atoms with Crippen molar-refractivity contribution in [1.29, 1.82) is 5.26 Å². The number of likely N-dealkylation sites (N-methyl/N-ethyl adjacent to an activating group) is 1. The van der Waals surface area contributed by atoms with Crippen LogP contribution in [-0.4, -0.2) is 51.5 Å². The Balaban J connectivity index is 2.10. The number of nitriles is 1. The van der Waals surface area contributed by atoms with Crippen molar-refractivity contribution in [3.05, 3.63) is 47.1 Å². The van der Waals surface area contributed by atoms with Crippen LogP contribution in [0.4, 0.5) is 0 Å². The summed E-state index contributed by atoms with van der Waals surface area (Å²) < 4.78 is 17.7. The molecule has 2 bridgehead atoms. The minimum absolute atomic E-state index is 0.194. The number of fused-ring (bicyclic) bond motifs is 1. The van der Waals surface area contributed by atoms with Crippen LogP contribution in [-0.2, 0) is 16.6 Å². The molecule has 0 N–H and O–H groups in total. The summed E-state index contributed by atoms with van der Waals surface area (Å²) in [6, 6.07) is 6.61. The second-order valence-corrected chi connectivity index (χ2v) is 7.30. The predicted molar refractivity (Wildman–Crippen MR) is 98.5 cm³/mol. The van der Waals surface area contributed by atoms with Crippen LogP contribution >= 0.6 is 0 Å². The monoisotopic (exact) mass is 352 g/mol. The Morgan fingerprint density at radius 2 is 2.04 bits per heavy atom. The number of nitrogens with zero attached hydrogens (tertiary/aromatic N) is 2. The van der Waals surface area contributed by atoms with Crippen LogP contribution in [0.3, 0.4) is 0 Å². The van der Waals surface area contributed by atoms with E-state index in [2.05, 4.69) is 36.2 Å². The Hall–Kier alpha value is -2.29. The van der Waals surface area contributed by atoms with E-state index in [1.54, 1.807) is 21.3 Å². The lowest BCUT2D eigenvalue weighted by Gasteiger charge is -2.61. The van der Waals surface area contributed by atoms with Gasteiger partial charge in [-0.3, -0.25) is 4.90 Å². The van der Waals surface area contributed by atoms with Gasteiger partial charge in [-0.05, 0) is 50.2 Å². The molecule has 2 aliphatic carbocycles. The van der Waals surface area contributed by atoms with Crippen LogP contribution < -0.4 is 9.47 Å². The van der Waals surface area contributed by atoms with Crippen molar-refractivity contribution >= 4 is 0 Å². The quantitative estimate of drug-likeness (QED) is 0.837. The zero-order chi connectivity index (χ0) is 18.5.